The third-order valence-electron chi connectivity index (χ3n) is 3.98. The number of benzene rings is 3. The number of fused-ring (bicyclic) bond motifs is 1. The molecule has 0 atom stereocenters. The van der Waals surface area contributed by atoms with Crippen LogP contribution in [-0.2, 0) is 6.54 Å². The van der Waals surface area contributed by atoms with E-state index in [0.29, 0.717) is 5.75 Å². The number of anilines is 1. The van der Waals surface area contributed by atoms with Crippen LogP contribution in [0.4, 0.5) is 5.69 Å². The number of rotatable bonds is 3. The Hall–Kier alpha value is -2.48. The van der Waals surface area contributed by atoms with Crippen molar-refractivity contribution >= 4 is 16.5 Å². The van der Waals surface area contributed by atoms with Crippen molar-refractivity contribution in [1.29, 1.82) is 0 Å². The van der Waals surface area contributed by atoms with E-state index in [-0.39, 0.29) is 0 Å². The maximum atomic E-state index is 10.0. The van der Waals surface area contributed by atoms with Crippen molar-refractivity contribution < 1.29 is 5.11 Å². The second kappa shape index (κ2) is 5.49. The van der Waals surface area contributed by atoms with Crippen LogP contribution in [0.2, 0.25) is 0 Å². The molecular formula is C19H19NO. The van der Waals surface area contributed by atoms with Gasteiger partial charge >= 0.3 is 0 Å². The van der Waals surface area contributed by atoms with Crippen LogP contribution in [0.25, 0.3) is 10.8 Å². The summed E-state index contributed by atoms with van der Waals surface area (Å²) in [5, 5.41) is 16.0. The summed E-state index contributed by atoms with van der Waals surface area (Å²) in [7, 11) is 0. The molecule has 0 unspecified atom stereocenters. The molecule has 3 aromatic carbocycles. The molecular weight excluding hydrogens is 258 g/mol. The van der Waals surface area contributed by atoms with Crippen molar-refractivity contribution in [3.05, 3.63) is 71.3 Å². The molecule has 0 spiro atoms. The highest BCUT2D eigenvalue weighted by Crippen LogP contribution is 2.29. The van der Waals surface area contributed by atoms with Gasteiger partial charge in [0.15, 0.2) is 0 Å². The summed E-state index contributed by atoms with van der Waals surface area (Å²) in [6.45, 7) is 4.59. The zero-order valence-corrected chi connectivity index (χ0v) is 12.4. The second-order valence-corrected chi connectivity index (χ2v) is 5.40. The lowest BCUT2D eigenvalue weighted by molar-refractivity contribution is 0.467. The van der Waals surface area contributed by atoms with Gasteiger partial charge in [0.1, 0.15) is 5.75 Å². The minimum atomic E-state index is 0.373. The Labute approximate surface area is 125 Å². The molecule has 0 saturated carbocycles. The maximum Gasteiger partial charge on any atom is 0.123 e. The monoisotopic (exact) mass is 277 g/mol. The van der Waals surface area contributed by atoms with Gasteiger partial charge in [-0.15, -0.1) is 0 Å². The van der Waals surface area contributed by atoms with Gasteiger partial charge in [-0.05, 0) is 41.8 Å². The number of aryl methyl sites for hydroxylation is 1. The van der Waals surface area contributed by atoms with Crippen molar-refractivity contribution in [3.63, 3.8) is 0 Å². The lowest BCUT2D eigenvalue weighted by Crippen LogP contribution is -2.02. The lowest BCUT2D eigenvalue weighted by Gasteiger charge is -2.13. The predicted molar refractivity (Wildman–Crippen MR) is 88.9 cm³/mol. The molecule has 0 saturated heterocycles. The van der Waals surface area contributed by atoms with Crippen molar-refractivity contribution in [3.8, 4) is 5.75 Å². The first-order valence-electron chi connectivity index (χ1n) is 7.16. The smallest absolute Gasteiger partial charge is 0.123 e. The van der Waals surface area contributed by atoms with Gasteiger partial charge in [0.05, 0.1) is 0 Å². The van der Waals surface area contributed by atoms with E-state index < -0.39 is 0 Å². The molecule has 21 heavy (non-hydrogen) atoms. The summed E-state index contributed by atoms with van der Waals surface area (Å²) in [6.07, 6.45) is 0. The van der Waals surface area contributed by atoms with Crippen LogP contribution in [0.5, 0.6) is 5.75 Å². The van der Waals surface area contributed by atoms with E-state index in [0.717, 1.165) is 23.4 Å². The number of aromatic hydroxyl groups is 1. The van der Waals surface area contributed by atoms with E-state index in [9.17, 15) is 5.11 Å². The number of phenolic OH excluding ortho intramolecular Hbond substituents is 1. The van der Waals surface area contributed by atoms with Gasteiger partial charge in [0.2, 0.25) is 0 Å². The molecule has 0 heterocycles. The van der Waals surface area contributed by atoms with E-state index >= 15 is 0 Å². The van der Waals surface area contributed by atoms with Crippen LogP contribution >= 0.6 is 0 Å². The van der Waals surface area contributed by atoms with Gasteiger partial charge in [0, 0.05) is 17.8 Å². The Bertz CT molecular complexity index is 787. The van der Waals surface area contributed by atoms with Crippen LogP contribution in [0.15, 0.2) is 54.6 Å². The van der Waals surface area contributed by atoms with Crippen molar-refractivity contribution in [2.75, 3.05) is 5.32 Å². The maximum absolute atomic E-state index is 10.0. The summed E-state index contributed by atoms with van der Waals surface area (Å²) in [5.41, 5.74) is 4.04. The standard InChI is InChI=1S/C19H19NO/c1-13-10-11-18(14(2)19(13)21)20-12-16-8-5-7-15-6-3-4-9-17(15)16/h3-11,20-21H,12H2,1-2H3. The van der Waals surface area contributed by atoms with Crippen LogP contribution in [0.3, 0.4) is 0 Å². The van der Waals surface area contributed by atoms with Gasteiger partial charge in [-0.2, -0.15) is 0 Å². The second-order valence-electron chi connectivity index (χ2n) is 5.40. The zero-order valence-electron chi connectivity index (χ0n) is 12.4. The van der Waals surface area contributed by atoms with Gasteiger partial charge in [-0.1, -0.05) is 48.5 Å². The molecule has 2 nitrogen and oxygen atoms in total. The number of hydrogen-bond donors (Lipinski definition) is 2. The molecule has 3 rings (SSSR count). The Morgan fingerprint density at radius 3 is 2.52 bits per heavy atom. The van der Waals surface area contributed by atoms with E-state index in [1.54, 1.807) is 0 Å². The van der Waals surface area contributed by atoms with Crippen molar-refractivity contribution in [2.24, 2.45) is 0 Å². The van der Waals surface area contributed by atoms with Gasteiger partial charge < -0.3 is 10.4 Å². The lowest BCUT2D eigenvalue weighted by atomic mass is 10.0. The van der Waals surface area contributed by atoms with Crippen LogP contribution in [-0.4, -0.2) is 5.11 Å². The number of hydrogen-bond acceptors (Lipinski definition) is 2. The minimum Gasteiger partial charge on any atom is -0.507 e. The Morgan fingerprint density at radius 1 is 0.905 bits per heavy atom. The molecule has 2 heteroatoms. The molecule has 0 amide bonds. The SMILES string of the molecule is Cc1ccc(NCc2cccc3ccccc23)c(C)c1O. The number of phenols is 1. The first-order valence-corrected chi connectivity index (χ1v) is 7.16. The largest absolute Gasteiger partial charge is 0.507 e. The van der Waals surface area contributed by atoms with Crippen LogP contribution < -0.4 is 5.32 Å². The predicted octanol–water partition coefficient (Wildman–Crippen LogP) is 4.77. The third-order valence-corrected chi connectivity index (χ3v) is 3.98. The van der Waals surface area contributed by atoms with Gasteiger partial charge in [0.25, 0.3) is 0 Å². The highest BCUT2D eigenvalue weighted by Gasteiger charge is 2.06. The molecule has 0 bridgehead atoms. The highest BCUT2D eigenvalue weighted by molar-refractivity contribution is 5.85. The fraction of sp³-hybridized carbons (Fsp3) is 0.158. The molecule has 0 aliphatic carbocycles. The molecule has 0 aliphatic rings. The minimum absolute atomic E-state index is 0.373. The Kier molecular flexibility index (Phi) is 3.53. The summed E-state index contributed by atoms with van der Waals surface area (Å²) in [6, 6.07) is 18.7. The van der Waals surface area contributed by atoms with Crippen LogP contribution in [0, 0.1) is 13.8 Å². The zero-order chi connectivity index (χ0) is 14.8. The Balaban J connectivity index is 1.89. The Morgan fingerprint density at radius 2 is 1.67 bits per heavy atom. The van der Waals surface area contributed by atoms with Crippen molar-refractivity contribution in [1.82, 2.24) is 0 Å². The quantitative estimate of drug-likeness (QED) is 0.722. The fourth-order valence-electron chi connectivity index (χ4n) is 2.66. The van der Waals surface area contributed by atoms with Gasteiger partial charge in [-0.25, -0.2) is 0 Å². The van der Waals surface area contributed by atoms with E-state index in [1.165, 1.54) is 16.3 Å². The normalized spacial score (nSPS) is 10.8. The molecule has 0 aliphatic heterocycles. The number of nitrogens with one attached hydrogen (secondary N) is 1. The molecule has 3 aromatic rings. The molecule has 0 aromatic heterocycles. The molecule has 0 fully saturated rings. The van der Waals surface area contributed by atoms with Crippen molar-refractivity contribution in [2.45, 2.75) is 20.4 Å². The first-order chi connectivity index (χ1) is 10.2. The van der Waals surface area contributed by atoms with E-state index in [1.807, 2.05) is 26.0 Å². The summed E-state index contributed by atoms with van der Waals surface area (Å²) < 4.78 is 0. The summed E-state index contributed by atoms with van der Waals surface area (Å²) in [4.78, 5) is 0. The topological polar surface area (TPSA) is 32.3 Å². The average Bonchev–Trinajstić information content (AvgIpc) is 2.52. The van der Waals surface area contributed by atoms with Crippen LogP contribution in [0.1, 0.15) is 16.7 Å². The highest BCUT2D eigenvalue weighted by atomic mass is 16.3. The molecule has 0 radical (unpaired) electrons. The fourth-order valence-corrected chi connectivity index (χ4v) is 2.66. The summed E-state index contributed by atoms with van der Waals surface area (Å²) in [5.74, 6) is 0.373. The van der Waals surface area contributed by atoms with E-state index in [2.05, 4.69) is 47.8 Å². The van der Waals surface area contributed by atoms with E-state index in [4.69, 9.17) is 0 Å². The van der Waals surface area contributed by atoms with Gasteiger partial charge in [-0.3, -0.25) is 0 Å². The third kappa shape index (κ3) is 2.57. The summed E-state index contributed by atoms with van der Waals surface area (Å²) >= 11 is 0. The molecule has 2 N–H and O–H groups in total. The molecule has 106 valence electrons. The average molecular weight is 277 g/mol. The first kappa shape index (κ1) is 13.5.